The number of halogens is 1. The second kappa shape index (κ2) is 10.7. The first-order valence-corrected chi connectivity index (χ1v) is 13.8. The Morgan fingerprint density at radius 3 is 2.29 bits per heavy atom. The number of nitrogens with zero attached hydrogens (tertiary/aromatic N) is 3. The van der Waals surface area contributed by atoms with Crippen molar-refractivity contribution in [1.82, 2.24) is 4.98 Å². The number of rotatable bonds is 7. The van der Waals surface area contributed by atoms with Crippen molar-refractivity contribution in [2.75, 3.05) is 36.9 Å². The van der Waals surface area contributed by atoms with Gasteiger partial charge in [0.1, 0.15) is 11.9 Å². The van der Waals surface area contributed by atoms with Gasteiger partial charge in [-0.05, 0) is 62.1 Å². The van der Waals surface area contributed by atoms with E-state index in [0.29, 0.717) is 53.8 Å². The van der Waals surface area contributed by atoms with E-state index in [1.807, 2.05) is 17.0 Å². The van der Waals surface area contributed by atoms with Crippen LogP contribution in [0.25, 0.3) is 0 Å². The summed E-state index contributed by atoms with van der Waals surface area (Å²) >= 11 is 5.99. The molecule has 1 aromatic heterocycles. The smallest absolute Gasteiger partial charge is 0.262 e. The molecule has 2 N–H and O–H groups in total. The van der Waals surface area contributed by atoms with Crippen molar-refractivity contribution in [3.63, 3.8) is 0 Å². The van der Waals surface area contributed by atoms with Crippen LogP contribution in [0.1, 0.15) is 35.2 Å². The lowest BCUT2D eigenvalue weighted by molar-refractivity contribution is 0.0116. The number of hydrogen-bond donors (Lipinski definition) is 2. The normalized spacial score (nSPS) is 15.0. The van der Waals surface area contributed by atoms with Crippen LogP contribution in [0.4, 0.5) is 11.5 Å². The third kappa shape index (κ3) is 5.23. The molecule has 38 heavy (non-hydrogen) atoms. The fraction of sp³-hybridized carbons (Fsp3) is 0.333. The number of sulfonamides is 1. The Kier molecular flexibility index (Phi) is 7.74. The molecule has 9 nitrogen and oxygen atoms in total. The van der Waals surface area contributed by atoms with Crippen molar-refractivity contribution in [3.05, 3.63) is 69.9 Å². The highest BCUT2D eigenvalue weighted by molar-refractivity contribution is 7.92. The maximum absolute atomic E-state index is 13.2. The fourth-order valence-corrected chi connectivity index (χ4v) is 5.98. The van der Waals surface area contributed by atoms with Crippen molar-refractivity contribution < 1.29 is 23.0 Å². The number of nitriles is 1. The van der Waals surface area contributed by atoms with Gasteiger partial charge in [-0.2, -0.15) is 5.26 Å². The highest BCUT2D eigenvalue weighted by Gasteiger charge is 2.35. The van der Waals surface area contributed by atoms with Gasteiger partial charge in [-0.25, -0.2) is 13.4 Å². The molecule has 11 heteroatoms. The third-order valence-electron chi connectivity index (χ3n) is 6.89. The molecule has 1 aliphatic heterocycles. The summed E-state index contributed by atoms with van der Waals surface area (Å²) in [6, 6.07) is 13.6. The molecular weight excluding hydrogens is 528 g/mol. The van der Waals surface area contributed by atoms with Gasteiger partial charge in [0.15, 0.2) is 11.5 Å². The number of aryl methyl sites for hydroxylation is 1. The number of aromatic nitrogens is 1. The molecule has 0 spiro atoms. The number of methoxy groups -OCH3 is 2. The van der Waals surface area contributed by atoms with Crippen LogP contribution < -0.4 is 19.1 Å². The number of ether oxygens (including phenoxy) is 2. The van der Waals surface area contributed by atoms with E-state index in [9.17, 15) is 18.8 Å². The minimum absolute atomic E-state index is 0.0194. The van der Waals surface area contributed by atoms with E-state index in [2.05, 4.69) is 15.8 Å². The first-order valence-electron chi connectivity index (χ1n) is 11.9. The van der Waals surface area contributed by atoms with E-state index in [1.165, 1.54) is 32.4 Å². The molecule has 1 aliphatic rings. The SMILES string of the molecule is COc1ccc(S(=O)(=O)Nc2c(C)nc(N3CCC(O)(c4ccc(Cl)cc4)CC3)c(C#N)c2C)cc1OC. The molecule has 2 heterocycles. The van der Waals surface area contributed by atoms with Gasteiger partial charge in [0.2, 0.25) is 0 Å². The number of pyridine rings is 1. The van der Waals surface area contributed by atoms with Crippen molar-refractivity contribution in [2.24, 2.45) is 0 Å². The largest absolute Gasteiger partial charge is 0.493 e. The number of benzene rings is 2. The van der Waals surface area contributed by atoms with Crippen LogP contribution in [0, 0.1) is 25.2 Å². The molecule has 0 radical (unpaired) electrons. The van der Waals surface area contributed by atoms with Crippen molar-refractivity contribution in [1.29, 1.82) is 5.26 Å². The van der Waals surface area contributed by atoms with E-state index in [0.717, 1.165) is 5.56 Å². The zero-order chi connectivity index (χ0) is 27.7. The van der Waals surface area contributed by atoms with E-state index >= 15 is 0 Å². The molecule has 200 valence electrons. The molecule has 2 aromatic carbocycles. The van der Waals surface area contributed by atoms with Gasteiger partial charge in [-0.3, -0.25) is 4.72 Å². The summed E-state index contributed by atoms with van der Waals surface area (Å²) in [6.07, 6.45) is 0.875. The minimum Gasteiger partial charge on any atom is -0.493 e. The molecular formula is C27H29ClN4O5S. The predicted molar refractivity (Wildman–Crippen MR) is 146 cm³/mol. The van der Waals surface area contributed by atoms with Gasteiger partial charge in [-0.1, -0.05) is 23.7 Å². The Hall–Kier alpha value is -3.52. The molecule has 0 aliphatic carbocycles. The van der Waals surface area contributed by atoms with Gasteiger partial charge >= 0.3 is 0 Å². The average Bonchev–Trinajstić information content (AvgIpc) is 2.91. The summed E-state index contributed by atoms with van der Waals surface area (Å²) in [5, 5.41) is 21.8. The maximum atomic E-state index is 13.2. The Balaban J connectivity index is 1.61. The van der Waals surface area contributed by atoms with Crippen LogP contribution in [0.3, 0.4) is 0 Å². The van der Waals surface area contributed by atoms with Crippen LogP contribution in [0.2, 0.25) is 5.02 Å². The van der Waals surface area contributed by atoms with Gasteiger partial charge in [-0.15, -0.1) is 0 Å². The molecule has 3 aromatic rings. The van der Waals surface area contributed by atoms with Crippen LogP contribution in [0.5, 0.6) is 11.5 Å². The minimum atomic E-state index is -4.02. The predicted octanol–water partition coefficient (Wildman–Crippen LogP) is 4.53. The molecule has 0 atom stereocenters. The summed E-state index contributed by atoms with van der Waals surface area (Å²) in [5.74, 6) is 1.15. The molecule has 0 unspecified atom stereocenters. The van der Waals surface area contributed by atoms with E-state index in [4.69, 9.17) is 21.1 Å². The van der Waals surface area contributed by atoms with Crippen LogP contribution in [-0.2, 0) is 15.6 Å². The number of hydrogen-bond acceptors (Lipinski definition) is 8. The first-order chi connectivity index (χ1) is 18.0. The summed E-state index contributed by atoms with van der Waals surface area (Å²) in [5.41, 5.74) is 1.21. The maximum Gasteiger partial charge on any atom is 0.262 e. The van der Waals surface area contributed by atoms with Gasteiger partial charge in [0, 0.05) is 24.2 Å². The van der Waals surface area contributed by atoms with E-state index < -0.39 is 15.6 Å². The Bertz CT molecular complexity index is 1500. The summed E-state index contributed by atoms with van der Waals surface area (Å²) in [4.78, 5) is 6.57. The second-order valence-electron chi connectivity index (χ2n) is 9.16. The lowest BCUT2D eigenvalue weighted by Gasteiger charge is -2.39. The zero-order valence-corrected chi connectivity index (χ0v) is 23.2. The molecule has 1 fully saturated rings. The Labute approximate surface area is 227 Å². The van der Waals surface area contributed by atoms with E-state index in [-0.39, 0.29) is 21.9 Å². The number of aliphatic hydroxyl groups is 1. The van der Waals surface area contributed by atoms with E-state index in [1.54, 1.807) is 26.0 Å². The highest BCUT2D eigenvalue weighted by atomic mass is 35.5. The topological polar surface area (TPSA) is 125 Å². The molecule has 1 saturated heterocycles. The van der Waals surface area contributed by atoms with Crippen LogP contribution in [-0.4, -0.2) is 45.8 Å². The fourth-order valence-electron chi connectivity index (χ4n) is 4.66. The standard InChI is InChI=1S/C27H29ClN4O5S/c1-17-22(16-29)26(32-13-11-27(33,12-14-32)19-5-7-20(28)8-6-19)30-18(2)25(17)31-38(34,35)21-9-10-23(36-3)24(15-21)37-4/h5-10,15,31,33H,11-14H2,1-4H3. The molecule has 0 bridgehead atoms. The molecule has 0 amide bonds. The average molecular weight is 557 g/mol. The van der Waals surface area contributed by atoms with Crippen molar-refractivity contribution in [2.45, 2.75) is 37.2 Å². The molecule has 0 saturated carbocycles. The first kappa shape index (κ1) is 27.5. The van der Waals surface area contributed by atoms with Crippen molar-refractivity contribution >= 4 is 33.1 Å². The molecule has 4 rings (SSSR count). The Morgan fingerprint density at radius 2 is 1.71 bits per heavy atom. The van der Waals surface area contributed by atoms with Gasteiger partial charge in [0.05, 0.1) is 41.7 Å². The third-order valence-corrected chi connectivity index (χ3v) is 8.49. The lowest BCUT2D eigenvalue weighted by atomic mass is 9.84. The van der Waals surface area contributed by atoms with Gasteiger partial charge in [0.25, 0.3) is 10.0 Å². The van der Waals surface area contributed by atoms with Crippen molar-refractivity contribution in [3.8, 4) is 17.6 Å². The number of nitrogens with one attached hydrogen (secondary N) is 1. The van der Waals surface area contributed by atoms with Crippen LogP contribution >= 0.6 is 11.6 Å². The summed E-state index contributed by atoms with van der Waals surface area (Å²) in [7, 11) is -1.13. The lowest BCUT2D eigenvalue weighted by Crippen LogP contribution is -2.43. The monoisotopic (exact) mass is 556 g/mol. The number of anilines is 2. The Morgan fingerprint density at radius 1 is 1.08 bits per heavy atom. The van der Waals surface area contributed by atoms with Crippen LogP contribution in [0.15, 0.2) is 47.4 Å². The number of piperidine rings is 1. The van der Waals surface area contributed by atoms with Gasteiger partial charge < -0.3 is 19.5 Å². The summed E-state index contributed by atoms with van der Waals surface area (Å²) < 4.78 is 39.5. The highest BCUT2D eigenvalue weighted by Crippen LogP contribution is 2.38. The summed E-state index contributed by atoms with van der Waals surface area (Å²) in [6.45, 7) is 4.32. The quantitative estimate of drug-likeness (QED) is 0.435. The second-order valence-corrected chi connectivity index (χ2v) is 11.3. The zero-order valence-electron chi connectivity index (χ0n) is 21.6.